The van der Waals surface area contributed by atoms with E-state index in [4.69, 9.17) is 5.26 Å². The lowest BCUT2D eigenvalue weighted by atomic mass is 10.0. The summed E-state index contributed by atoms with van der Waals surface area (Å²) in [6.45, 7) is 0.708. The van der Waals surface area contributed by atoms with Crippen LogP contribution in [-0.4, -0.2) is 13.6 Å². The minimum Gasteiger partial charge on any atom is -0.374 e. The summed E-state index contributed by atoms with van der Waals surface area (Å²) in [6, 6.07) is 31.7. The van der Waals surface area contributed by atoms with Gasteiger partial charge in [-0.3, -0.25) is 0 Å². The van der Waals surface area contributed by atoms with Crippen molar-refractivity contribution in [2.24, 2.45) is 7.05 Å². The van der Waals surface area contributed by atoms with Crippen molar-refractivity contribution in [3.63, 3.8) is 0 Å². The number of benzene rings is 3. The molecule has 4 aromatic rings. The molecule has 0 N–H and O–H groups in total. The highest BCUT2D eigenvalue weighted by Gasteiger charge is 2.16. The SMILES string of the molecule is CN(CCC#N)c1ccc(/C=C/c2cc(-c3ccccc3)cc(-c3ccc(F)cc3)[n+]2C)cc1. The fraction of sp³-hybridized carbons (Fsp3) is 0.133. The second-order valence-electron chi connectivity index (χ2n) is 8.24. The molecule has 0 aliphatic rings. The van der Waals surface area contributed by atoms with Gasteiger partial charge in [0, 0.05) is 43.1 Å². The van der Waals surface area contributed by atoms with Crippen LogP contribution >= 0.6 is 0 Å². The Labute approximate surface area is 200 Å². The van der Waals surface area contributed by atoms with Crippen LogP contribution < -0.4 is 9.47 Å². The van der Waals surface area contributed by atoms with Crippen LogP contribution in [0.2, 0.25) is 0 Å². The number of halogens is 1. The van der Waals surface area contributed by atoms with Crippen LogP contribution in [0.15, 0.2) is 91.0 Å². The highest BCUT2D eigenvalue weighted by Crippen LogP contribution is 2.26. The molecule has 0 atom stereocenters. The van der Waals surface area contributed by atoms with Gasteiger partial charge >= 0.3 is 0 Å². The van der Waals surface area contributed by atoms with Crippen molar-refractivity contribution in [3.8, 4) is 28.5 Å². The van der Waals surface area contributed by atoms with Gasteiger partial charge in [-0.15, -0.1) is 0 Å². The molecular weight excluding hydrogens is 421 g/mol. The van der Waals surface area contributed by atoms with E-state index in [9.17, 15) is 4.39 Å². The Bertz CT molecular complexity index is 1320. The summed E-state index contributed by atoms with van der Waals surface area (Å²) in [5, 5.41) is 8.80. The van der Waals surface area contributed by atoms with E-state index in [1.807, 2.05) is 44.4 Å². The van der Waals surface area contributed by atoms with E-state index in [1.54, 1.807) is 0 Å². The van der Waals surface area contributed by atoms with Crippen molar-refractivity contribution < 1.29 is 8.96 Å². The van der Waals surface area contributed by atoms with Gasteiger partial charge in [-0.05, 0) is 59.2 Å². The average molecular weight is 449 g/mol. The molecule has 0 unspecified atom stereocenters. The Kier molecular flexibility index (Phi) is 7.15. The molecule has 0 aliphatic heterocycles. The zero-order valence-electron chi connectivity index (χ0n) is 19.4. The topological polar surface area (TPSA) is 30.9 Å². The minimum absolute atomic E-state index is 0.243. The Hall–Kier alpha value is -4.23. The van der Waals surface area contributed by atoms with E-state index in [0.717, 1.165) is 39.3 Å². The number of hydrogen-bond donors (Lipinski definition) is 0. The summed E-state index contributed by atoms with van der Waals surface area (Å²) in [7, 11) is 4.02. The molecule has 0 radical (unpaired) electrons. The Morgan fingerprint density at radius 1 is 0.853 bits per heavy atom. The van der Waals surface area contributed by atoms with E-state index in [-0.39, 0.29) is 5.82 Å². The van der Waals surface area contributed by atoms with Crippen LogP contribution in [0.5, 0.6) is 0 Å². The normalized spacial score (nSPS) is 10.9. The fourth-order valence-corrected chi connectivity index (χ4v) is 3.90. The third-order valence-electron chi connectivity index (χ3n) is 5.93. The second kappa shape index (κ2) is 10.6. The number of pyridine rings is 1. The second-order valence-corrected chi connectivity index (χ2v) is 8.24. The van der Waals surface area contributed by atoms with Crippen molar-refractivity contribution in [2.75, 3.05) is 18.5 Å². The lowest BCUT2D eigenvalue weighted by Gasteiger charge is -2.17. The van der Waals surface area contributed by atoms with Gasteiger partial charge in [0.15, 0.2) is 0 Å². The molecule has 1 heterocycles. The summed E-state index contributed by atoms with van der Waals surface area (Å²) >= 11 is 0. The monoisotopic (exact) mass is 448 g/mol. The summed E-state index contributed by atoms with van der Waals surface area (Å²) in [5.41, 5.74) is 7.42. The molecule has 0 aliphatic carbocycles. The average Bonchev–Trinajstić information content (AvgIpc) is 2.88. The number of anilines is 1. The van der Waals surface area contributed by atoms with Crippen LogP contribution in [0.1, 0.15) is 17.7 Å². The van der Waals surface area contributed by atoms with Crippen LogP contribution in [0, 0.1) is 17.1 Å². The molecule has 168 valence electrons. The third kappa shape index (κ3) is 5.39. The van der Waals surface area contributed by atoms with Gasteiger partial charge in [-0.25, -0.2) is 4.39 Å². The predicted molar refractivity (Wildman–Crippen MR) is 137 cm³/mol. The molecule has 0 spiro atoms. The van der Waals surface area contributed by atoms with Gasteiger partial charge in [-0.1, -0.05) is 42.5 Å². The van der Waals surface area contributed by atoms with Crippen molar-refractivity contribution in [1.82, 2.24) is 0 Å². The van der Waals surface area contributed by atoms with Gasteiger partial charge in [0.25, 0.3) is 0 Å². The molecule has 0 bridgehead atoms. The first-order valence-corrected chi connectivity index (χ1v) is 11.3. The molecule has 0 saturated carbocycles. The quantitative estimate of drug-likeness (QED) is 0.302. The summed E-state index contributed by atoms with van der Waals surface area (Å²) in [6.07, 6.45) is 4.70. The first-order valence-electron chi connectivity index (χ1n) is 11.3. The highest BCUT2D eigenvalue weighted by molar-refractivity contribution is 5.74. The van der Waals surface area contributed by atoms with Gasteiger partial charge in [-0.2, -0.15) is 9.83 Å². The fourth-order valence-electron chi connectivity index (χ4n) is 3.90. The molecule has 34 heavy (non-hydrogen) atoms. The van der Waals surface area contributed by atoms with Gasteiger partial charge in [0.2, 0.25) is 11.4 Å². The number of rotatable bonds is 7. The first kappa shape index (κ1) is 22.9. The minimum atomic E-state index is -0.243. The lowest BCUT2D eigenvalue weighted by molar-refractivity contribution is -0.662. The molecule has 0 fully saturated rings. The van der Waals surface area contributed by atoms with Crippen molar-refractivity contribution in [3.05, 3.63) is 108 Å². The number of hydrogen-bond acceptors (Lipinski definition) is 2. The molecule has 4 rings (SSSR count). The van der Waals surface area contributed by atoms with E-state index >= 15 is 0 Å². The summed E-state index contributed by atoms with van der Waals surface area (Å²) < 4.78 is 15.7. The number of nitriles is 1. The van der Waals surface area contributed by atoms with E-state index in [0.29, 0.717) is 13.0 Å². The standard InChI is InChI=1S/C30H27FN3/c1-33(20-6-19-32)28-16-9-23(10-17-28)11-18-29-21-26(24-7-4-3-5-8-24)22-30(34(29)2)25-12-14-27(31)15-13-25/h3-5,7-18,21-22H,6,20H2,1-2H3/q+1. The maximum Gasteiger partial charge on any atom is 0.213 e. The predicted octanol–water partition coefficient (Wildman–Crippen LogP) is 6.50. The maximum absolute atomic E-state index is 13.5. The van der Waals surface area contributed by atoms with Crippen molar-refractivity contribution >= 4 is 17.8 Å². The van der Waals surface area contributed by atoms with E-state index in [2.05, 4.69) is 76.2 Å². The van der Waals surface area contributed by atoms with Crippen LogP contribution in [0.4, 0.5) is 10.1 Å². The Balaban J connectivity index is 1.69. The summed E-state index contributed by atoms with van der Waals surface area (Å²) in [4.78, 5) is 2.08. The lowest BCUT2D eigenvalue weighted by Crippen LogP contribution is -2.34. The zero-order chi connectivity index (χ0) is 23.9. The van der Waals surface area contributed by atoms with E-state index < -0.39 is 0 Å². The van der Waals surface area contributed by atoms with Crippen LogP contribution in [-0.2, 0) is 7.05 Å². The Morgan fingerprint density at radius 3 is 2.24 bits per heavy atom. The molecule has 0 saturated heterocycles. The van der Waals surface area contributed by atoms with Gasteiger partial charge in [0.1, 0.15) is 12.9 Å². The molecule has 1 aromatic heterocycles. The van der Waals surface area contributed by atoms with Crippen molar-refractivity contribution in [2.45, 2.75) is 6.42 Å². The molecular formula is C30H27FN3+. The zero-order valence-corrected chi connectivity index (χ0v) is 19.4. The highest BCUT2D eigenvalue weighted by atomic mass is 19.1. The largest absolute Gasteiger partial charge is 0.374 e. The molecule has 3 nitrogen and oxygen atoms in total. The first-order chi connectivity index (χ1) is 16.5. The molecule has 0 amide bonds. The van der Waals surface area contributed by atoms with Crippen LogP contribution in [0.3, 0.4) is 0 Å². The van der Waals surface area contributed by atoms with Crippen molar-refractivity contribution in [1.29, 1.82) is 5.26 Å². The maximum atomic E-state index is 13.5. The Morgan fingerprint density at radius 2 is 1.56 bits per heavy atom. The summed E-state index contributed by atoms with van der Waals surface area (Å²) in [5.74, 6) is -0.243. The van der Waals surface area contributed by atoms with Gasteiger partial charge in [0.05, 0.1) is 12.5 Å². The van der Waals surface area contributed by atoms with E-state index in [1.165, 1.54) is 12.1 Å². The van der Waals surface area contributed by atoms with Gasteiger partial charge < -0.3 is 4.90 Å². The van der Waals surface area contributed by atoms with Crippen LogP contribution in [0.25, 0.3) is 34.5 Å². The molecule has 4 heteroatoms. The third-order valence-corrected chi connectivity index (χ3v) is 5.93. The smallest absolute Gasteiger partial charge is 0.213 e. The number of nitrogens with zero attached hydrogens (tertiary/aromatic N) is 3. The number of aromatic nitrogens is 1. The molecule has 3 aromatic carbocycles.